The maximum atomic E-state index is 13.5. The van der Waals surface area contributed by atoms with Gasteiger partial charge in [-0.15, -0.1) is 0 Å². The van der Waals surface area contributed by atoms with Crippen molar-refractivity contribution in [3.63, 3.8) is 0 Å². The number of hydrogen-bond donors (Lipinski definition) is 1. The van der Waals surface area contributed by atoms with Gasteiger partial charge in [-0.25, -0.2) is 9.79 Å². The Bertz CT molecular complexity index is 1410. The summed E-state index contributed by atoms with van der Waals surface area (Å²) in [5.74, 6) is 2.23. The van der Waals surface area contributed by atoms with Gasteiger partial charge in [-0.1, -0.05) is 12.1 Å². The molecule has 0 saturated carbocycles. The van der Waals surface area contributed by atoms with Gasteiger partial charge in [0.25, 0.3) is 0 Å². The molecule has 3 aromatic rings. The van der Waals surface area contributed by atoms with E-state index in [0.29, 0.717) is 66.9 Å². The van der Waals surface area contributed by atoms with Gasteiger partial charge in [-0.3, -0.25) is 0 Å². The molecule has 0 radical (unpaired) electrons. The quantitative estimate of drug-likeness (QED) is 0.432. The average molecular weight is 541 g/mol. The number of ether oxygens (including phenoxy) is 3. The number of aliphatic imine (C=N–C) groups is 1. The Morgan fingerprint density at radius 2 is 1.74 bits per heavy atom. The number of rotatable bonds is 3. The first-order chi connectivity index (χ1) is 18.8. The number of amidine groups is 1. The molecule has 0 unspecified atom stereocenters. The second kappa shape index (κ2) is 10.8. The predicted octanol–water partition coefficient (Wildman–Crippen LogP) is 6.15. The molecule has 1 N–H and O–H groups in total. The highest BCUT2D eigenvalue weighted by Crippen LogP contribution is 2.42. The van der Waals surface area contributed by atoms with Crippen molar-refractivity contribution in [2.45, 2.75) is 12.6 Å². The fraction of sp³-hybridized carbons (Fsp3) is 0.286. The molecule has 2 aliphatic rings. The van der Waals surface area contributed by atoms with Crippen LogP contribution in [0.15, 0.2) is 65.7 Å². The molecule has 1 fully saturated rings. The number of halogens is 3. The van der Waals surface area contributed by atoms with Gasteiger partial charge in [0.15, 0.2) is 5.75 Å². The zero-order valence-electron chi connectivity index (χ0n) is 21.4. The molecule has 0 aromatic heterocycles. The van der Waals surface area contributed by atoms with Gasteiger partial charge in [0.05, 0.1) is 31.0 Å². The second-order valence-electron chi connectivity index (χ2n) is 9.04. The van der Waals surface area contributed by atoms with E-state index in [0.717, 1.165) is 12.1 Å². The molecule has 39 heavy (non-hydrogen) atoms. The number of amides is 2. The molecule has 0 spiro atoms. The van der Waals surface area contributed by atoms with Crippen LogP contribution in [0.4, 0.5) is 29.3 Å². The van der Waals surface area contributed by atoms with Gasteiger partial charge in [-0.05, 0) is 55.0 Å². The summed E-state index contributed by atoms with van der Waals surface area (Å²) < 4.78 is 57.2. The minimum atomic E-state index is -4.52. The monoisotopic (exact) mass is 540 g/mol. The molecular weight excluding hydrogens is 513 g/mol. The van der Waals surface area contributed by atoms with E-state index in [2.05, 4.69) is 10.3 Å². The number of anilines is 1. The summed E-state index contributed by atoms with van der Waals surface area (Å²) in [5, 5.41) is 2.90. The van der Waals surface area contributed by atoms with Crippen LogP contribution in [0.2, 0.25) is 0 Å². The predicted molar refractivity (Wildman–Crippen MR) is 140 cm³/mol. The molecular formula is C28H27F3N4O4. The third kappa shape index (κ3) is 5.57. The summed E-state index contributed by atoms with van der Waals surface area (Å²) in [4.78, 5) is 21.4. The van der Waals surface area contributed by atoms with Gasteiger partial charge in [-0.2, -0.15) is 13.2 Å². The van der Waals surface area contributed by atoms with E-state index in [1.165, 1.54) is 20.3 Å². The van der Waals surface area contributed by atoms with E-state index in [1.807, 2.05) is 17.0 Å². The number of carbonyl (C=O) groups is 1. The van der Waals surface area contributed by atoms with Gasteiger partial charge in [0, 0.05) is 26.2 Å². The molecule has 8 nitrogen and oxygen atoms in total. The summed E-state index contributed by atoms with van der Waals surface area (Å²) in [7, 11) is 3.07. The maximum Gasteiger partial charge on any atom is 0.416 e. The first-order valence-electron chi connectivity index (χ1n) is 12.4. The van der Waals surface area contributed by atoms with Crippen LogP contribution >= 0.6 is 0 Å². The van der Waals surface area contributed by atoms with E-state index in [-0.39, 0.29) is 17.5 Å². The average Bonchev–Trinajstić information content (AvgIpc) is 3.27. The maximum absolute atomic E-state index is 13.5. The largest absolute Gasteiger partial charge is 0.497 e. The first kappa shape index (κ1) is 26.2. The molecule has 1 saturated heterocycles. The van der Waals surface area contributed by atoms with Gasteiger partial charge in [0.2, 0.25) is 0 Å². The minimum Gasteiger partial charge on any atom is -0.497 e. The number of benzene rings is 3. The Kier molecular flexibility index (Phi) is 7.23. The number of methoxy groups -OCH3 is 2. The Labute approximate surface area is 223 Å². The molecule has 11 heteroatoms. The highest BCUT2D eigenvalue weighted by Gasteiger charge is 2.33. The number of hydrogen-bond acceptors (Lipinski definition) is 6. The van der Waals surface area contributed by atoms with Crippen LogP contribution in [-0.4, -0.2) is 62.1 Å². The molecule has 2 amide bonds. The van der Waals surface area contributed by atoms with Crippen LogP contribution in [0.25, 0.3) is 0 Å². The SMILES string of the molecule is COc1ccc2c(c1)C(N1CCCN(C(=O)Nc3ccccc3OC)CC1)=Nc1cc(C(F)(F)F)ccc1O2. The van der Waals surface area contributed by atoms with E-state index in [9.17, 15) is 18.0 Å². The standard InChI is InChI=1S/C28H27F3N4O4/c1-37-19-9-11-23-20(17-19)26(32-22-16-18(28(29,30)31)8-10-25(22)39-23)34-12-5-13-35(15-14-34)27(36)33-21-6-3-4-7-24(21)38-2/h3-4,6-11,16-17H,5,12-15H2,1-2H3,(H,33,36). The first-order valence-corrected chi connectivity index (χ1v) is 12.4. The fourth-order valence-electron chi connectivity index (χ4n) is 4.58. The van der Waals surface area contributed by atoms with E-state index in [4.69, 9.17) is 14.2 Å². The molecule has 204 valence electrons. The van der Waals surface area contributed by atoms with Crippen molar-refractivity contribution in [3.05, 3.63) is 71.8 Å². The van der Waals surface area contributed by atoms with Crippen molar-refractivity contribution >= 4 is 23.2 Å². The number of fused-ring (bicyclic) bond motifs is 2. The minimum absolute atomic E-state index is 0.0741. The number of alkyl halides is 3. The number of urea groups is 1. The van der Waals surface area contributed by atoms with E-state index < -0.39 is 11.7 Å². The molecule has 0 aliphatic carbocycles. The summed E-state index contributed by atoms with van der Waals surface area (Å²) in [6.07, 6.45) is -3.90. The summed E-state index contributed by atoms with van der Waals surface area (Å²) in [6.45, 7) is 1.79. The van der Waals surface area contributed by atoms with E-state index in [1.54, 1.807) is 35.2 Å². The van der Waals surface area contributed by atoms with Crippen molar-refractivity contribution in [3.8, 4) is 23.0 Å². The Balaban J connectivity index is 1.44. The topological polar surface area (TPSA) is 75.6 Å². The summed E-state index contributed by atoms with van der Waals surface area (Å²) >= 11 is 0. The van der Waals surface area contributed by atoms with Crippen LogP contribution in [0, 0.1) is 0 Å². The second-order valence-corrected chi connectivity index (χ2v) is 9.04. The number of carbonyl (C=O) groups excluding carboxylic acids is 1. The molecule has 5 rings (SSSR count). The molecule has 0 atom stereocenters. The van der Waals surface area contributed by atoms with Crippen LogP contribution in [0.3, 0.4) is 0 Å². The lowest BCUT2D eigenvalue weighted by Gasteiger charge is -2.25. The molecule has 0 bridgehead atoms. The van der Waals surface area contributed by atoms with Crippen molar-refractivity contribution in [2.75, 3.05) is 45.7 Å². The Morgan fingerprint density at radius 1 is 0.949 bits per heavy atom. The number of para-hydroxylation sites is 2. The molecule has 2 heterocycles. The number of nitrogens with zero attached hydrogens (tertiary/aromatic N) is 3. The zero-order valence-corrected chi connectivity index (χ0v) is 21.4. The lowest BCUT2D eigenvalue weighted by molar-refractivity contribution is -0.137. The van der Waals surface area contributed by atoms with Crippen LogP contribution in [-0.2, 0) is 6.18 Å². The Hall–Kier alpha value is -4.41. The van der Waals surface area contributed by atoms with Crippen LogP contribution in [0.5, 0.6) is 23.0 Å². The van der Waals surface area contributed by atoms with Crippen molar-refractivity contribution < 1.29 is 32.2 Å². The number of nitrogens with one attached hydrogen (secondary N) is 1. The highest BCUT2D eigenvalue weighted by atomic mass is 19.4. The third-order valence-electron chi connectivity index (χ3n) is 6.59. The summed E-state index contributed by atoms with van der Waals surface area (Å²) in [5.41, 5.74) is 0.414. The fourth-order valence-corrected chi connectivity index (χ4v) is 4.58. The highest BCUT2D eigenvalue weighted by molar-refractivity contribution is 6.04. The van der Waals surface area contributed by atoms with Crippen molar-refractivity contribution in [2.24, 2.45) is 4.99 Å². The smallest absolute Gasteiger partial charge is 0.416 e. The normalized spacial score (nSPS) is 15.2. The van der Waals surface area contributed by atoms with Gasteiger partial charge in [0.1, 0.15) is 28.8 Å². The van der Waals surface area contributed by atoms with Gasteiger partial charge < -0.3 is 29.3 Å². The van der Waals surface area contributed by atoms with Crippen molar-refractivity contribution in [1.29, 1.82) is 0 Å². The van der Waals surface area contributed by atoms with Crippen LogP contribution < -0.4 is 19.5 Å². The van der Waals surface area contributed by atoms with Crippen LogP contribution in [0.1, 0.15) is 17.5 Å². The Morgan fingerprint density at radius 3 is 2.51 bits per heavy atom. The summed E-state index contributed by atoms with van der Waals surface area (Å²) in [6, 6.07) is 15.3. The third-order valence-corrected chi connectivity index (χ3v) is 6.59. The van der Waals surface area contributed by atoms with Crippen molar-refractivity contribution in [1.82, 2.24) is 9.80 Å². The van der Waals surface area contributed by atoms with Gasteiger partial charge >= 0.3 is 12.2 Å². The zero-order chi connectivity index (χ0) is 27.6. The molecule has 3 aromatic carbocycles. The molecule has 2 aliphatic heterocycles. The lowest BCUT2D eigenvalue weighted by atomic mass is 10.1. The lowest BCUT2D eigenvalue weighted by Crippen LogP contribution is -2.39. The van der Waals surface area contributed by atoms with E-state index >= 15 is 0 Å².